The van der Waals surface area contributed by atoms with Gasteiger partial charge in [0, 0.05) is 36.5 Å². The van der Waals surface area contributed by atoms with Crippen molar-refractivity contribution >= 4 is 5.91 Å². The molecule has 0 fully saturated rings. The molecule has 2 aromatic rings. The number of aliphatic hydroxyl groups is 1. The first-order chi connectivity index (χ1) is 11.5. The van der Waals surface area contributed by atoms with E-state index in [-0.39, 0.29) is 18.4 Å². The highest BCUT2D eigenvalue weighted by Crippen LogP contribution is 2.21. The zero-order valence-corrected chi connectivity index (χ0v) is 15.0. The van der Waals surface area contributed by atoms with Crippen molar-refractivity contribution in [3.05, 3.63) is 58.9 Å². The Balaban J connectivity index is 2.10. The molecule has 1 atom stereocenters. The highest BCUT2D eigenvalue weighted by atomic mass is 16.3. The summed E-state index contributed by atoms with van der Waals surface area (Å²) in [4.78, 5) is 12.6. The molecule has 0 saturated carbocycles. The lowest BCUT2D eigenvalue weighted by Crippen LogP contribution is -2.29. The minimum atomic E-state index is -0.0473. The van der Waals surface area contributed by atoms with E-state index in [0.29, 0.717) is 19.0 Å². The monoisotopic (exact) mass is 328 g/mol. The Kier molecular flexibility index (Phi) is 6.21. The molecule has 4 nitrogen and oxygen atoms in total. The number of amides is 1. The lowest BCUT2D eigenvalue weighted by atomic mass is 9.96. The van der Waals surface area contributed by atoms with E-state index in [0.717, 1.165) is 22.5 Å². The van der Waals surface area contributed by atoms with Crippen molar-refractivity contribution in [3.8, 4) is 0 Å². The predicted molar refractivity (Wildman–Crippen MR) is 97.5 cm³/mol. The number of carbonyl (C=O) groups excluding carboxylic acids is 1. The number of aromatic nitrogens is 1. The Morgan fingerprint density at radius 2 is 1.88 bits per heavy atom. The zero-order chi connectivity index (χ0) is 17.7. The predicted octanol–water partition coefficient (Wildman–Crippen LogP) is 3.58. The van der Waals surface area contributed by atoms with Crippen LogP contribution in [0.1, 0.15) is 59.5 Å². The maximum absolute atomic E-state index is 12.6. The Morgan fingerprint density at radius 1 is 1.21 bits per heavy atom. The van der Waals surface area contributed by atoms with Gasteiger partial charge in [0.2, 0.25) is 0 Å². The molecule has 2 rings (SSSR count). The lowest BCUT2D eigenvalue weighted by molar-refractivity contribution is 0.0948. The van der Waals surface area contributed by atoms with Crippen LogP contribution in [0.25, 0.3) is 0 Å². The van der Waals surface area contributed by atoms with Gasteiger partial charge in [0.05, 0.1) is 5.56 Å². The second kappa shape index (κ2) is 8.15. The summed E-state index contributed by atoms with van der Waals surface area (Å²) < 4.78 is 2.18. The van der Waals surface area contributed by atoms with E-state index in [4.69, 9.17) is 0 Å². The van der Waals surface area contributed by atoms with Crippen molar-refractivity contribution in [2.75, 3.05) is 13.2 Å². The number of carbonyl (C=O) groups is 1. The number of benzene rings is 1. The van der Waals surface area contributed by atoms with Gasteiger partial charge >= 0.3 is 0 Å². The van der Waals surface area contributed by atoms with Crippen LogP contribution in [-0.4, -0.2) is 28.7 Å². The molecule has 130 valence electrons. The average Bonchev–Trinajstić information content (AvgIpc) is 2.86. The van der Waals surface area contributed by atoms with Crippen LogP contribution >= 0.6 is 0 Å². The van der Waals surface area contributed by atoms with Gasteiger partial charge in [-0.3, -0.25) is 4.79 Å². The topological polar surface area (TPSA) is 54.3 Å². The first-order valence-electron chi connectivity index (χ1n) is 8.58. The molecule has 1 heterocycles. The molecule has 4 heteroatoms. The maximum atomic E-state index is 12.6. The fraction of sp³-hybridized carbons (Fsp3) is 0.450. The van der Waals surface area contributed by atoms with Crippen LogP contribution < -0.4 is 5.32 Å². The van der Waals surface area contributed by atoms with Crippen molar-refractivity contribution < 1.29 is 9.90 Å². The van der Waals surface area contributed by atoms with Crippen molar-refractivity contribution in [1.82, 2.24) is 9.88 Å². The van der Waals surface area contributed by atoms with Crippen molar-refractivity contribution in [2.45, 2.75) is 46.1 Å². The summed E-state index contributed by atoms with van der Waals surface area (Å²) >= 11 is 0. The summed E-state index contributed by atoms with van der Waals surface area (Å²) in [6, 6.07) is 12.3. The van der Waals surface area contributed by atoms with Crippen LogP contribution in [0.3, 0.4) is 0 Å². The summed E-state index contributed by atoms with van der Waals surface area (Å²) in [6.07, 6.45) is 0.634. The molecular formula is C20H28N2O2. The van der Waals surface area contributed by atoms with E-state index in [2.05, 4.69) is 23.7 Å². The van der Waals surface area contributed by atoms with Gasteiger partial charge in [-0.2, -0.15) is 0 Å². The molecular weight excluding hydrogens is 300 g/mol. The molecule has 1 unspecified atom stereocenters. The molecule has 0 aliphatic carbocycles. The molecule has 0 aliphatic heterocycles. The van der Waals surface area contributed by atoms with Crippen LogP contribution in [0.4, 0.5) is 0 Å². The minimum Gasteiger partial charge on any atom is -0.396 e. The van der Waals surface area contributed by atoms with E-state index < -0.39 is 0 Å². The quantitative estimate of drug-likeness (QED) is 0.816. The van der Waals surface area contributed by atoms with Crippen molar-refractivity contribution in [2.24, 2.45) is 0 Å². The van der Waals surface area contributed by atoms with Gasteiger partial charge in [-0.15, -0.1) is 0 Å². The van der Waals surface area contributed by atoms with Gasteiger partial charge in [0.15, 0.2) is 0 Å². The molecule has 0 aliphatic rings. The number of hydrogen-bond donors (Lipinski definition) is 2. The third-order valence-electron chi connectivity index (χ3n) is 4.50. The van der Waals surface area contributed by atoms with Crippen LogP contribution in [0.15, 0.2) is 36.4 Å². The summed E-state index contributed by atoms with van der Waals surface area (Å²) in [5.41, 5.74) is 3.97. The third-order valence-corrected chi connectivity index (χ3v) is 4.50. The molecule has 24 heavy (non-hydrogen) atoms. The SMILES string of the molecule is Cc1cc(C(=O)NCC(CCO)c2ccccc2)c(C)n1C(C)C. The van der Waals surface area contributed by atoms with Gasteiger partial charge < -0.3 is 15.0 Å². The molecule has 1 aromatic carbocycles. The fourth-order valence-electron chi connectivity index (χ4n) is 3.38. The van der Waals surface area contributed by atoms with Gasteiger partial charge in [-0.05, 0) is 45.7 Å². The van der Waals surface area contributed by atoms with E-state index in [1.165, 1.54) is 0 Å². The average molecular weight is 328 g/mol. The molecule has 0 saturated heterocycles. The van der Waals surface area contributed by atoms with Gasteiger partial charge in [-0.1, -0.05) is 30.3 Å². The lowest BCUT2D eigenvalue weighted by Gasteiger charge is -2.17. The van der Waals surface area contributed by atoms with E-state index in [1.54, 1.807) is 0 Å². The number of rotatable bonds is 7. The van der Waals surface area contributed by atoms with Gasteiger partial charge in [0.1, 0.15) is 0 Å². The minimum absolute atomic E-state index is 0.0473. The van der Waals surface area contributed by atoms with Gasteiger partial charge in [0.25, 0.3) is 5.91 Å². The number of nitrogens with one attached hydrogen (secondary N) is 1. The second-order valence-electron chi connectivity index (χ2n) is 6.58. The first-order valence-corrected chi connectivity index (χ1v) is 8.58. The van der Waals surface area contributed by atoms with Crippen LogP contribution in [0.5, 0.6) is 0 Å². The highest BCUT2D eigenvalue weighted by molar-refractivity contribution is 5.95. The van der Waals surface area contributed by atoms with Gasteiger partial charge in [-0.25, -0.2) is 0 Å². The molecule has 0 spiro atoms. The van der Waals surface area contributed by atoms with E-state index in [9.17, 15) is 9.90 Å². The smallest absolute Gasteiger partial charge is 0.253 e. The van der Waals surface area contributed by atoms with Crippen molar-refractivity contribution in [3.63, 3.8) is 0 Å². The Morgan fingerprint density at radius 3 is 2.42 bits per heavy atom. The fourth-order valence-corrected chi connectivity index (χ4v) is 3.38. The summed E-state index contributed by atoms with van der Waals surface area (Å²) in [7, 11) is 0. The number of aliphatic hydroxyl groups excluding tert-OH is 1. The van der Waals surface area contributed by atoms with Crippen LogP contribution in [0, 0.1) is 13.8 Å². The molecule has 0 radical (unpaired) electrons. The Labute approximate surface area is 144 Å². The van der Waals surface area contributed by atoms with E-state index >= 15 is 0 Å². The standard InChI is InChI=1S/C20H28N2O2/c1-14(2)22-15(3)12-19(16(22)4)20(24)21-13-18(10-11-23)17-8-6-5-7-9-17/h5-9,12,14,18,23H,10-11,13H2,1-4H3,(H,21,24). The Bertz CT molecular complexity index is 674. The number of aryl methyl sites for hydroxylation is 1. The van der Waals surface area contributed by atoms with Crippen LogP contribution in [0.2, 0.25) is 0 Å². The summed E-state index contributed by atoms with van der Waals surface area (Å²) in [5.74, 6) is 0.0719. The largest absolute Gasteiger partial charge is 0.396 e. The molecule has 1 amide bonds. The summed E-state index contributed by atoms with van der Waals surface area (Å²) in [5, 5.41) is 12.3. The van der Waals surface area contributed by atoms with Crippen LogP contribution in [-0.2, 0) is 0 Å². The molecule has 2 N–H and O–H groups in total. The van der Waals surface area contributed by atoms with Crippen molar-refractivity contribution in [1.29, 1.82) is 0 Å². The highest BCUT2D eigenvalue weighted by Gasteiger charge is 2.18. The second-order valence-corrected chi connectivity index (χ2v) is 6.58. The normalized spacial score (nSPS) is 12.4. The number of hydrogen-bond acceptors (Lipinski definition) is 2. The molecule has 0 bridgehead atoms. The third kappa shape index (κ3) is 4.06. The maximum Gasteiger partial charge on any atom is 0.253 e. The van der Waals surface area contributed by atoms with E-state index in [1.807, 2.05) is 50.2 Å². The summed E-state index contributed by atoms with van der Waals surface area (Å²) in [6.45, 7) is 8.89. The zero-order valence-electron chi connectivity index (χ0n) is 15.0. The molecule has 1 aromatic heterocycles. The number of nitrogens with zero attached hydrogens (tertiary/aromatic N) is 1. The first kappa shape index (κ1) is 18.3. The Hall–Kier alpha value is -2.07.